The Labute approximate surface area is 191 Å². The number of carbonyl (C=O) groups excluding carboxylic acids is 1. The Morgan fingerprint density at radius 3 is 2.71 bits per heavy atom. The Morgan fingerprint density at radius 1 is 1.16 bits per heavy atom. The molecular weight excluding hydrogens is 454 g/mol. The molecule has 1 N–H and O–H groups in total. The molecule has 1 aliphatic carbocycles. The van der Waals surface area contributed by atoms with E-state index < -0.39 is 0 Å². The first-order valence-corrected chi connectivity index (χ1v) is 12.0. The Balaban J connectivity index is 1.41. The van der Waals surface area contributed by atoms with E-state index in [0.717, 1.165) is 70.6 Å². The second-order valence-electron chi connectivity index (χ2n) is 8.94. The van der Waals surface area contributed by atoms with Gasteiger partial charge in [-0.3, -0.25) is 9.36 Å². The second kappa shape index (κ2) is 8.75. The summed E-state index contributed by atoms with van der Waals surface area (Å²) in [6.07, 6.45) is 7.15. The van der Waals surface area contributed by atoms with E-state index in [1.165, 1.54) is 12.8 Å². The van der Waals surface area contributed by atoms with Crippen LogP contribution in [0.5, 0.6) is 0 Å². The predicted molar refractivity (Wildman–Crippen MR) is 127 cm³/mol. The summed E-state index contributed by atoms with van der Waals surface area (Å²) in [5.41, 5.74) is 5.94. The molecule has 2 heterocycles. The van der Waals surface area contributed by atoms with E-state index in [1.807, 2.05) is 25.4 Å². The van der Waals surface area contributed by atoms with Crippen LogP contribution in [0.4, 0.5) is 5.69 Å². The van der Waals surface area contributed by atoms with Crippen LogP contribution in [0.25, 0.3) is 16.7 Å². The molecule has 1 aliphatic heterocycles. The minimum Gasteiger partial charge on any atom is -0.383 e. The van der Waals surface area contributed by atoms with E-state index in [4.69, 9.17) is 9.72 Å². The van der Waals surface area contributed by atoms with E-state index in [1.54, 1.807) is 0 Å². The lowest BCUT2D eigenvalue weighted by molar-refractivity contribution is 0.0699. The molecule has 2 aliphatic rings. The molecule has 2 fully saturated rings. The number of ether oxygens (including phenoxy) is 1. The number of carbonyl (C=O) groups is 1. The fourth-order valence-electron chi connectivity index (χ4n) is 4.43. The van der Waals surface area contributed by atoms with E-state index in [9.17, 15) is 4.79 Å². The van der Waals surface area contributed by atoms with Crippen LogP contribution >= 0.6 is 15.9 Å². The van der Waals surface area contributed by atoms with Crippen LogP contribution in [0.2, 0.25) is 0 Å². The van der Waals surface area contributed by atoms with E-state index in [2.05, 4.69) is 44.0 Å². The van der Waals surface area contributed by atoms with Crippen molar-refractivity contribution in [2.45, 2.75) is 39.0 Å². The third kappa shape index (κ3) is 4.55. The highest BCUT2D eigenvalue weighted by atomic mass is 79.9. The third-order valence-corrected chi connectivity index (χ3v) is 6.96. The Hall–Kier alpha value is -2.18. The maximum Gasteiger partial charge on any atom is 0.163 e. The lowest BCUT2D eigenvalue weighted by atomic mass is 10.00. The van der Waals surface area contributed by atoms with Gasteiger partial charge in [0.05, 0.1) is 11.2 Å². The van der Waals surface area contributed by atoms with Gasteiger partial charge in [0.25, 0.3) is 0 Å². The number of halogens is 1. The number of benzene rings is 2. The van der Waals surface area contributed by atoms with Gasteiger partial charge in [0.2, 0.25) is 0 Å². The molecule has 1 saturated carbocycles. The maximum absolute atomic E-state index is 12.6. The monoisotopic (exact) mass is 481 g/mol. The number of aromatic nitrogens is 2. The van der Waals surface area contributed by atoms with Crippen molar-refractivity contribution in [2.24, 2.45) is 11.8 Å². The molecule has 0 atom stereocenters. The topological polar surface area (TPSA) is 56.1 Å². The third-order valence-electron chi connectivity index (χ3n) is 6.50. The van der Waals surface area contributed by atoms with Crippen LogP contribution in [-0.2, 0) is 4.74 Å². The largest absolute Gasteiger partial charge is 0.383 e. The molecule has 0 amide bonds. The summed E-state index contributed by atoms with van der Waals surface area (Å²) in [7, 11) is 0. The molecule has 3 aromatic rings. The number of aryl methyl sites for hydroxylation is 1. The number of hydrogen-bond donors (Lipinski definition) is 1. The molecule has 5 rings (SSSR count). The number of nitrogens with one attached hydrogen (secondary N) is 1. The van der Waals surface area contributed by atoms with Gasteiger partial charge < -0.3 is 10.1 Å². The highest BCUT2D eigenvalue weighted by Crippen LogP contribution is 2.34. The first kappa shape index (κ1) is 20.7. The summed E-state index contributed by atoms with van der Waals surface area (Å²) in [5, 5.41) is 3.62. The normalized spacial score (nSPS) is 17.2. The average molecular weight is 482 g/mol. The zero-order valence-electron chi connectivity index (χ0n) is 17.9. The molecule has 5 nitrogen and oxygen atoms in total. The van der Waals surface area contributed by atoms with Crippen LogP contribution < -0.4 is 5.32 Å². The summed E-state index contributed by atoms with van der Waals surface area (Å²) < 4.78 is 8.59. The van der Waals surface area contributed by atoms with Gasteiger partial charge in [-0.1, -0.05) is 15.9 Å². The van der Waals surface area contributed by atoms with Crippen LogP contribution in [0.15, 0.2) is 41.1 Å². The van der Waals surface area contributed by atoms with Crippen molar-refractivity contribution in [1.82, 2.24) is 9.55 Å². The SMILES string of the molecule is Cc1cc(-n2cnc3c(NCC4CCOCC4)cc(Br)cc32)ccc1C(=O)CC1CC1. The molecule has 0 unspecified atom stereocenters. The highest BCUT2D eigenvalue weighted by Gasteiger charge is 2.25. The maximum atomic E-state index is 12.6. The minimum atomic E-state index is 0.268. The van der Waals surface area contributed by atoms with Gasteiger partial charge in [0, 0.05) is 41.9 Å². The molecule has 31 heavy (non-hydrogen) atoms. The Bertz CT molecular complexity index is 1110. The predicted octanol–water partition coefficient (Wildman–Crippen LogP) is 5.92. The van der Waals surface area contributed by atoms with Crippen molar-refractivity contribution >= 4 is 38.4 Å². The number of imidazole rings is 1. The molecule has 0 radical (unpaired) electrons. The fourth-order valence-corrected chi connectivity index (χ4v) is 4.88. The van der Waals surface area contributed by atoms with Gasteiger partial charge in [-0.15, -0.1) is 0 Å². The number of fused-ring (bicyclic) bond motifs is 1. The van der Waals surface area contributed by atoms with Gasteiger partial charge in [0.1, 0.15) is 11.8 Å². The average Bonchev–Trinajstić information content (AvgIpc) is 3.48. The highest BCUT2D eigenvalue weighted by molar-refractivity contribution is 9.10. The number of hydrogen-bond acceptors (Lipinski definition) is 4. The van der Waals surface area contributed by atoms with Crippen LogP contribution in [0.1, 0.15) is 48.0 Å². The first-order chi connectivity index (χ1) is 15.1. The number of anilines is 1. The zero-order chi connectivity index (χ0) is 21.4. The number of rotatable bonds is 7. The van der Waals surface area contributed by atoms with Crippen molar-refractivity contribution in [3.8, 4) is 5.69 Å². The van der Waals surface area contributed by atoms with Crippen molar-refractivity contribution in [2.75, 3.05) is 25.1 Å². The quantitative estimate of drug-likeness (QED) is 0.425. The van der Waals surface area contributed by atoms with Crippen LogP contribution in [-0.4, -0.2) is 35.1 Å². The smallest absolute Gasteiger partial charge is 0.163 e. The second-order valence-corrected chi connectivity index (χ2v) is 9.86. The summed E-state index contributed by atoms with van der Waals surface area (Å²) >= 11 is 3.67. The van der Waals surface area contributed by atoms with Crippen molar-refractivity contribution in [3.05, 3.63) is 52.3 Å². The number of nitrogens with zero attached hydrogens (tertiary/aromatic N) is 2. The van der Waals surface area contributed by atoms with E-state index >= 15 is 0 Å². The molecule has 162 valence electrons. The molecule has 1 saturated heterocycles. The van der Waals surface area contributed by atoms with Gasteiger partial charge in [0.15, 0.2) is 5.78 Å². The van der Waals surface area contributed by atoms with Gasteiger partial charge in [-0.25, -0.2) is 4.98 Å². The van der Waals surface area contributed by atoms with Crippen molar-refractivity contribution < 1.29 is 9.53 Å². The molecule has 0 spiro atoms. The number of ketones is 1. The van der Waals surface area contributed by atoms with Gasteiger partial charge >= 0.3 is 0 Å². The summed E-state index contributed by atoms with van der Waals surface area (Å²) in [6, 6.07) is 10.3. The molecule has 6 heteroatoms. The van der Waals surface area contributed by atoms with Crippen molar-refractivity contribution in [3.63, 3.8) is 0 Å². The Kier molecular flexibility index (Phi) is 5.85. The first-order valence-electron chi connectivity index (χ1n) is 11.2. The van der Waals surface area contributed by atoms with Crippen LogP contribution in [0.3, 0.4) is 0 Å². The number of Topliss-reactive ketones (excluding diaryl/α,β-unsaturated/α-hetero) is 1. The summed E-state index contributed by atoms with van der Waals surface area (Å²) in [4.78, 5) is 17.3. The molecule has 1 aromatic heterocycles. The fraction of sp³-hybridized carbons (Fsp3) is 0.440. The standard InChI is InChI=1S/C25H28BrN3O2/c1-16-10-20(4-5-21(16)24(30)11-17-2-3-17)29-15-28-25-22(12-19(26)13-23(25)29)27-14-18-6-8-31-9-7-18/h4-5,10,12-13,15,17-18,27H,2-3,6-9,11,14H2,1H3. The van der Waals surface area contributed by atoms with Gasteiger partial charge in [-0.05, 0) is 80.3 Å². The lowest BCUT2D eigenvalue weighted by Gasteiger charge is -2.22. The molecular formula is C25H28BrN3O2. The minimum absolute atomic E-state index is 0.268. The zero-order valence-corrected chi connectivity index (χ0v) is 19.5. The summed E-state index contributed by atoms with van der Waals surface area (Å²) in [5.74, 6) is 1.51. The molecule has 2 aromatic carbocycles. The molecule has 0 bridgehead atoms. The Morgan fingerprint density at radius 2 is 1.97 bits per heavy atom. The van der Waals surface area contributed by atoms with Gasteiger partial charge in [-0.2, -0.15) is 0 Å². The lowest BCUT2D eigenvalue weighted by Crippen LogP contribution is -2.22. The van der Waals surface area contributed by atoms with E-state index in [-0.39, 0.29) is 5.78 Å². The van der Waals surface area contributed by atoms with Crippen LogP contribution in [0, 0.1) is 18.8 Å². The summed E-state index contributed by atoms with van der Waals surface area (Å²) in [6.45, 7) is 4.67. The van der Waals surface area contributed by atoms with Crippen molar-refractivity contribution in [1.29, 1.82) is 0 Å². The van der Waals surface area contributed by atoms with E-state index in [0.29, 0.717) is 18.3 Å².